The Morgan fingerprint density at radius 1 is 1.40 bits per heavy atom. The molecule has 2 aromatic rings. The molecule has 1 aliphatic rings. The maximum Gasteiger partial charge on any atom is 0.0348 e. The maximum atomic E-state index is 3.59. The first-order chi connectivity index (χ1) is 7.34. The third kappa shape index (κ3) is 1.80. The predicted octanol–water partition coefficient (Wildman–Crippen LogP) is 3.46. The summed E-state index contributed by atoms with van der Waals surface area (Å²) in [4.78, 5) is 0. The molecule has 0 atom stereocenters. The lowest BCUT2D eigenvalue weighted by Crippen LogP contribution is -2.14. The highest BCUT2D eigenvalue weighted by atomic mass is 32.1. The molecule has 1 heterocycles. The first kappa shape index (κ1) is 9.37. The first-order valence-electron chi connectivity index (χ1n) is 5.53. The fraction of sp³-hybridized carbons (Fsp3) is 0.385. The van der Waals surface area contributed by atoms with E-state index in [4.69, 9.17) is 0 Å². The van der Waals surface area contributed by atoms with E-state index in [1.807, 2.05) is 11.3 Å². The molecule has 15 heavy (non-hydrogen) atoms. The van der Waals surface area contributed by atoms with Crippen LogP contribution in [0.25, 0.3) is 10.1 Å². The van der Waals surface area contributed by atoms with E-state index < -0.39 is 0 Å². The minimum atomic E-state index is 0.795. The monoisotopic (exact) mass is 217 g/mol. The van der Waals surface area contributed by atoms with Gasteiger partial charge in [-0.1, -0.05) is 12.1 Å². The molecule has 0 bridgehead atoms. The number of nitrogens with one attached hydrogen (secondary N) is 1. The average Bonchev–Trinajstić information content (AvgIpc) is 2.96. The topological polar surface area (TPSA) is 12.0 Å². The predicted molar refractivity (Wildman–Crippen MR) is 66.4 cm³/mol. The molecule has 3 rings (SSSR count). The van der Waals surface area contributed by atoms with Crippen molar-refractivity contribution in [1.29, 1.82) is 0 Å². The first-order valence-corrected chi connectivity index (χ1v) is 6.41. The molecular formula is C13H15NS. The van der Waals surface area contributed by atoms with Gasteiger partial charge in [0.2, 0.25) is 0 Å². The fourth-order valence-corrected chi connectivity index (χ4v) is 3.05. The fourth-order valence-electron chi connectivity index (χ4n) is 2.02. The quantitative estimate of drug-likeness (QED) is 0.830. The summed E-state index contributed by atoms with van der Waals surface area (Å²) in [5.41, 5.74) is 2.88. The van der Waals surface area contributed by atoms with E-state index in [1.165, 1.54) is 34.1 Å². The van der Waals surface area contributed by atoms with E-state index in [1.54, 1.807) is 0 Å². The van der Waals surface area contributed by atoms with E-state index in [2.05, 4.69) is 35.8 Å². The number of hydrogen-bond donors (Lipinski definition) is 1. The Hall–Kier alpha value is -0.860. The van der Waals surface area contributed by atoms with Gasteiger partial charge in [0, 0.05) is 17.3 Å². The maximum absolute atomic E-state index is 3.59. The summed E-state index contributed by atoms with van der Waals surface area (Å²) in [7, 11) is 0. The second-order valence-corrected chi connectivity index (χ2v) is 5.28. The number of benzene rings is 1. The Morgan fingerprint density at radius 2 is 2.27 bits per heavy atom. The molecular weight excluding hydrogens is 202 g/mol. The van der Waals surface area contributed by atoms with Crippen molar-refractivity contribution in [3.05, 3.63) is 34.7 Å². The zero-order chi connectivity index (χ0) is 10.3. The van der Waals surface area contributed by atoms with Crippen LogP contribution in [0.4, 0.5) is 0 Å². The lowest BCUT2D eigenvalue weighted by molar-refractivity contribution is 0.692. The van der Waals surface area contributed by atoms with Crippen LogP contribution in [-0.2, 0) is 6.54 Å². The Morgan fingerprint density at radius 3 is 3.07 bits per heavy atom. The molecule has 1 fully saturated rings. The minimum Gasteiger partial charge on any atom is -0.310 e. The third-order valence-electron chi connectivity index (χ3n) is 3.04. The second kappa shape index (κ2) is 3.62. The molecule has 0 amide bonds. The molecule has 0 spiro atoms. The molecule has 78 valence electrons. The van der Waals surface area contributed by atoms with Crippen LogP contribution in [0.5, 0.6) is 0 Å². The highest BCUT2D eigenvalue weighted by Crippen LogP contribution is 2.29. The zero-order valence-electron chi connectivity index (χ0n) is 8.92. The number of fused-ring (bicyclic) bond motifs is 1. The van der Waals surface area contributed by atoms with E-state index >= 15 is 0 Å². The highest BCUT2D eigenvalue weighted by Gasteiger charge is 2.20. The van der Waals surface area contributed by atoms with E-state index in [-0.39, 0.29) is 0 Å². The smallest absolute Gasteiger partial charge is 0.0348 e. The van der Waals surface area contributed by atoms with Crippen LogP contribution in [0.3, 0.4) is 0 Å². The lowest BCUT2D eigenvalue weighted by Gasteiger charge is -2.03. The van der Waals surface area contributed by atoms with Crippen molar-refractivity contribution >= 4 is 21.4 Å². The normalized spacial score (nSPS) is 16.1. The van der Waals surface area contributed by atoms with Crippen LogP contribution in [0, 0.1) is 6.92 Å². The number of aryl methyl sites for hydroxylation is 1. The summed E-state index contributed by atoms with van der Waals surface area (Å²) in [6.07, 6.45) is 2.72. The molecule has 0 aliphatic heterocycles. The molecule has 2 heteroatoms. The molecule has 1 nitrogen and oxygen atoms in total. The van der Waals surface area contributed by atoms with Gasteiger partial charge in [0.15, 0.2) is 0 Å². The van der Waals surface area contributed by atoms with Gasteiger partial charge in [-0.05, 0) is 47.7 Å². The highest BCUT2D eigenvalue weighted by molar-refractivity contribution is 7.17. The van der Waals surface area contributed by atoms with E-state index in [0.29, 0.717) is 0 Å². The summed E-state index contributed by atoms with van der Waals surface area (Å²) in [5.74, 6) is 0. The Labute approximate surface area is 94.1 Å². The Kier molecular flexibility index (Phi) is 2.26. The summed E-state index contributed by atoms with van der Waals surface area (Å²) >= 11 is 1.86. The van der Waals surface area contributed by atoms with Gasteiger partial charge in [0.1, 0.15) is 0 Å². The number of thiophene rings is 1. The Bertz CT molecular complexity index is 482. The Balaban J connectivity index is 1.94. The standard InChI is InChI=1S/C13H15NS/c1-9-3-2-4-12-13(9)10(8-15-12)7-14-11-5-6-11/h2-4,8,11,14H,5-7H2,1H3. The average molecular weight is 217 g/mol. The number of hydrogen-bond acceptors (Lipinski definition) is 2. The zero-order valence-corrected chi connectivity index (χ0v) is 9.73. The molecule has 1 aliphatic carbocycles. The summed E-state index contributed by atoms with van der Waals surface area (Å²) in [5, 5.41) is 7.35. The van der Waals surface area contributed by atoms with Crippen LogP contribution in [0.1, 0.15) is 24.0 Å². The lowest BCUT2D eigenvalue weighted by atomic mass is 10.1. The minimum absolute atomic E-state index is 0.795. The van der Waals surface area contributed by atoms with E-state index in [0.717, 1.165) is 12.6 Å². The van der Waals surface area contributed by atoms with Crippen LogP contribution >= 0.6 is 11.3 Å². The van der Waals surface area contributed by atoms with Gasteiger partial charge in [-0.2, -0.15) is 0 Å². The molecule has 1 aromatic carbocycles. The van der Waals surface area contributed by atoms with Gasteiger partial charge in [0.05, 0.1) is 0 Å². The van der Waals surface area contributed by atoms with E-state index in [9.17, 15) is 0 Å². The SMILES string of the molecule is Cc1cccc2scc(CNC3CC3)c12. The van der Waals surface area contributed by atoms with Gasteiger partial charge in [-0.25, -0.2) is 0 Å². The third-order valence-corrected chi connectivity index (χ3v) is 4.04. The van der Waals surface area contributed by atoms with Crippen LogP contribution < -0.4 is 5.32 Å². The molecule has 0 unspecified atom stereocenters. The van der Waals surface area contributed by atoms with Gasteiger partial charge >= 0.3 is 0 Å². The van der Waals surface area contributed by atoms with Crippen LogP contribution in [0.15, 0.2) is 23.6 Å². The van der Waals surface area contributed by atoms with Crippen LogP contribution in [0.2, 0.25) is 0 Å². The molecule has 0 saturated heterocycles. The summed E-state index contributed by atoms with van der Waals surface area (Å²) in [6.45, 7) is 3.24. The van der Waals surface area contributed by atoms with Crippen molar-refractivity contribution in [2.75, 3.05) is 0 Å². The van der Waals surface area contributed by atoms with Gasteiger partial charge in [-0.3, -0.25) is 0 Å². The molecule has 1 saturated carbocycles. The number of rotatable bonds is 3. The van der Waals surface area contributed by atoms with Crippen molar-refractivity contribution in [3.8, 4) is 0 Å². The van der Waals surface area contributed by atoms with Gasteiger partial charge < -0.3 is 5.32 Å². The molecule has 1 N–H and O–H groups in total. The van der Waals surface area contributed by atoms with Crippen molar-refractivity contribution in [2.24, 2.45) is 0 Å². The largest absolute Gasteiger partial charge is 0.310 e. The summed E-state index contributed by atoms with van der Waals surface area (Å²) < 4.78 is 1.42. The van der Waals surface area contributed by atoms with Crippen molar-refractivity contribution in [2.45, 2.75) is 32.4 Å². The van der Waals surface area contributed by atoms with Crippen molar-refractivity contribution in [3.63, 3.8) is 0 Å². The van der Waals surface area contributed by atoms with Crippen molar-refractivity contribution in [1.82, 2.24) is 5.32 Å². The molecule has 1 aromatic heterocycles. The van der Waals surface area contributed by atoms with Gasteiger partial charge in [0.25, 0.3) is 0 Å². The summed E-state index contributed by atoms with van der Waals surface area (Å²) in [6, 6.07) is 7.36. The van der Waals surface area contributed by atoms with Gasteiger partial charge in [-0.15, -0.1) is 11.3 Å². The van der Waals surface area contributed by atoms with Crippen molar-refractivity contribution < 1.29 is 0 Å². The molecule has 0 radical (unpaired) electrons. The van der Waals surface area contributed by atoms with Crippen LogP contribution in [-0.4, -0.2) is 6.04 Å². The second-order valence-electron chi connectivity index (χ2n) is 4.36.